The van der Waals surface area contributed by atoms with Crippen molar-refractivity contribution < 1.29 is 22.8 Å². The molecule has 162 valence electrons. The fourth-order valence-corrected chi connectivity index (χ4v) is 4.23. The van der Waals surface area contributed by atoms with E-state index in [4.69, 9.17) is 23.8 Å². The number of nitrogens with zero attached hydrogens (tertiary/aromatic N) is 1. The summed E-state index contributed by atoms with van der Waals surface area (Å²) in [6, 6.07) is 11.4. The van der Waals surface area contributed by atoms with E-state index in [0.717, 1.165) is 17.7 Å². The third-order valence-electron chi connectivity index (χ3n) is 4.30. The molecule has 10 heteroatoms. The number of thiocarbonyl (C=S) groups is 1. The van der Waals surface area contributed by atoms with Crippen LogP contribution in [0.4, 0.5) is 18.9 Å². The fraction of sp³-hybridized carbons (Fsp3) is 0.190. The summed E-state index contributed by atoms with van der Waals surface area (Å²) in [5.74, 6) is -0.690. The van der Waals surface area contributed by atoms with Crippen LogP contribution in [-0.2, 0) is 15.8 Å². The molecule has 0 saturated carbocycles. The maximum atomic E-state index is 12.8. The summed E-state index contributed by atoms with van der Waals surface area (Å²) in [5.41, 5.74) is 0.0389. The first-order valence-electron chi connectivity index (χ1n) is 9.11. The van der Waals surface area contributed by atoms with Crippen LogP contribution in [0.3, 0.4) is 0 Å². The van der Waals surface area contributed by atoms with Crippen LogP contribution in [-0.4, -0.2) is 27.6 Å². The molecular formula is C21H16ClF3N2O2S2. The van der Waals surface area contributed by atoms with Crippen molar-refractivity contribution in [3.05, 3.63) is 69.6 Å². The number of anilines is 1. The first-order valence-corrected chi connectivity index (χ1v) is 10.7. The minimum Gasteiger partial charge on any atom is -0.326 e. The molecule has 0 aliphatic carbocycles. The monoisotopic (exact) mass is 484 g/mol. The molecule has 1 aliphatic rings. The molecule has 0 radical (unpaired) electrons. The molecule has 0 unspecified atom stereocenters. The summed E-state index contributed by atoms with van der Waals surface area (Å²) in [5, 5.41) is 3.04. The predicted octanol–water partition coefficient (Wildman–Crippen LogP) is 5.98. The summed E-state index contributed by atoms with van der Waals surface area (Å²) in [6.07, 6.45) is -2.42. The van der Waals surface area contributed by atoms with Crippen LogP contribution < -0.4 is 5.32 Å². The van der Waals surface area contributed by atoms with E-state index in [1.165, 1.54) is 28.8 Å². The fourth-order valence-electron chi connectivity index (χ4n) is 2.80. The maximum Gasteiger partial charge on any atom is 0.416 e. The molecule has 2 aromatic rings. The molecule has 1 fully saturated rings. The molecular weight excluding hydrogens is 469 g/mol. The highest BCUT2D eigenvalue weighted by Gasteiger charge is 2.32. The van der Waals surface area contributed by atoms with E-state index in [1.807, 2.05) is 0 Å². The zero-order chi connectivity index (χ0) is 22.6. The van der Waals surface area contributed by atoms with Crippen molar-refractivity contribution in [3.8, 4) is 0 Å². The van der Waals surface area contributed by atoms with Gasteiger partial charge < -0.3 is 5.32 Å². The van der Waals surface area contributed by atoms with E-state index in [9.17, 15) is 22.8 Å². The second-order valence-corrected chi connectivity index (χ2v) is 8.73. The number of benzene rings is 2. The van der Waals surface area contributed by atoms with Crippen LogP contribution >= 0.6 is 35.6 Å². The Kier molecular flexibility index (Phi) is 7.40. The van der Waals surface area contributed by atoms with Crippen LogP contribution in [0, 0.1) is 0 Å². The van der Waals surface area contributed by atoms with E-state index in [-0.39, 0.29) is 24.6 Å². The van der Waals surface area contributed by atoms with Gasteiger partial charge in [-0.3, -0.25) is 14.5 Å². The maximum absolute atomic E-state index is 12.8. The van der Waals surface area contributed by atoms with Gasteiger partial charge in [-0.15, -0.1) is 0 Å². The number of amides is 2. The molecule has 0 atom stereocenters. The molecule has 0 aromatic heterocycles. The number of nitrogens with one attached hydrogen (secondary N) is 1. The summed E-state index contributed by atoms with van der Waals surface area (Å²) in [4.78, 5) is 26.6. The second-order valence-electron chi connectivity index (χ2n) is 6.62. The summed E-state index contributed by atoms with van der Waals surface area (Å²) < 4.78 is 38.7. The Morgan fingerprint density at radius 1 is 1.19 bits per heavy atom. The van der Waals surface area contributed by atoms with Crippen molar-refractivity contribution in [1.29, 1.82) is 0 Å². The molecule has 1 N–H and O–H groups in total. The summed E-state index contributed by atoms with van der Waals surface area (Å²) in [6.45, 7) is 0.235. The van der Waals surface area contributed by atoms with E-state index in [0.29, 0.717) is 20.7 Å². The van der Waals surface area contributed by atoms with Crippen LogP contribution in [0.5, 0.6) is 0 Å². The third-order valence-corrected chi connectivity index (χ3v) is 5.93. The molecule has 0 bridgehead atoms. The van der Waals surface area contributed by atoms with Gasteiger partial charge in [-0.05, 0) is 48.4 Å². The molecule has 31 heavy (non-hydrogen) atoms. The Balaban J connectivity index is 1.53. The van der Waals surface area contributed by atoms with Crippen LogP contribution in [0.2, 0.25) is 5.02 Å². The van der Waals surface area contributed by atoms with Crippen molar-refractivity contribution in [1.82, 2.24) is 4.90 Å². The number of hydrogen-bond acceptors (Lipinski definition) is 4. The van der Waals surface area contributed by atoms with Gasteiger partial charge in [0, 0.05) is 23.7 Å². The van der Waals surface area contributed by atoms with Crippen LogP contribution in [0.25, 0.3) is 6.08 Å². The van der Waals surface area contributed by atoms with Gasteiger partial charge in [-0.1, -0.05) is 53.8 Å². The van der Waals surface area contributed by atoms with Gasteiger partial charge in [-0.2, -0.15) is 13.2 Å². The van der Waals surface area contributed by atoms with Crippen molar-refractivity contribution >= 4 is 63.5 Å². The number of rotatable bonds is 6. The van der Waals surface area contributed by atoms with E-state index in [2.05, 4.69) is 5.32 Å². The molecule has 1 heterocycles. The zero-order valence-corrected chi connectivity index (χ0v) is 18.3. The Labute approximate surface area is 191 Å². The third kappa shape index (κ3) is 6.32. The zero-order valence-electron chi connectivity index (χ0n) is 15.9. The first-order chi connectivity index (χ1) is 14.6. The number of hydrogen-bond donors (Lipinski definition) is 1. The standard InChI is InChI=1S/C21H16ClF3N2O2S2/c22-15-8-6-13(7-9-15)11-17-19(29)27(20(30)31-17)10-2-5-18(28)26-16-4-1-3-14(12-16)21(23,24)25/h1,3-4,6-9,11-12H,2,5,10H2,(H,26,28)/b17-11-. The lowest BCUT2D eigenvalue weighted by Crippen LogP contribution is -2.29. The van der Waals surface area contributed by atoms with Gasteiger partial charge in [0.05, 0.1) is 10.5 Å². The van der Waals surface area contributed by atoms with Gasteiger partial charge >= 0.3 is 6.18 Å². The topological polar surface area (TPSA) is 49.4 Å². The molecule has 3 rings (SSSR count). The highest BCUT2D eigenvalue weighted by Crippen LogP contribution is 2.33. The van der Waals surface area contributed by atoms with Crippen molar-refractivity contribution in [3.63, 3.8) is 0 Å². The van der Waals surface area contributed by atoms with Crippen LogP contribution in [0.15, 0.2) is 53.4 Å². The molecule has 2 aromatic carbocycles. The predicted molar refractivity (Wildman–Crippen MR) is 121 cm³/mol. The smallest absolute Gasteiger partial charge is 0.326 e. The quantitative estimate of drug-likeness (QED) is 0.405. The van der Waals surface area contributed by atoms with E-state index < -0.39 is 17.6 Å². The van der Waals surface area contributed by atoms with Gasteiger partial charge in [-0.25, -0.2) is 0 Å². The van der Waals surface area contributed by atoms with Gasteiger partial charge in [0.15, 0.2) is 0 Å². The lowest BCUT2D eigenvalue weighted by molar-refractivity contribution is -0.137. The van der Waals surface area contributed by atoms with E-state index >= 15 is 0 Å². The van der Waals surface area contributed by atoms with Crippen molar-refractivity contribution in [2.24, 2.45) is 0 Å². The average molecular weight is 485 g/mol. The number of halogens is 4. The number of alkyl halides is 3. The molecule has 4 nitrogen and oxygen atoms in total. The summed E-state index contributed by atoms with van der Waals surface area (Å²) >= 11 is 12.3. The Morgan fingerprint density at radius 3 is 2.58 bits per heavy atom. The number of carbonyl (C=O) groups is 2. The minimum absolute atomic E-state index is 0.0313. The lowest BCUT2D eigenvalue weighted by atomic mass is 10.2. The van der Waals surface area contributed by atoms with Crippen LogP contribution in [0.1, 0.15) is 24.0 Å². The largest absolute Gasteiger partial charge is 0.416 e. The average Bonchev–Trinajstić information content (AvgIpc) is 2.96. The Hall–Kier alpha value is -2.36. The molecule has 2 amide bonds. The Morgan fingerprint density at radius 2 is 1.90 bits per heavy atom. The lowest BCUT2D eigenvalue weighted by Gasteiger charge is -2.14. The minimum atomic E-state index is -4.48. The highest BCUT2D eigenvalue weighted by atomic mass is 35.5. The Bertz CT molecular complexity index is 1040. The normalized spacial score (nSPS) is 15.6. The molecule has 1 aliphatic heterocycles. The van der Waals surface area contributed by atoms with Gasteiger partial charge in [0.1, 0.15) is 4.32 Å². The van der Waals surface area contributed by atoms with Crippen molar-refractivity contribution in [2.45, 2.75) is 19.0 Å². The summed E-state index contributed by atoms with van der Waals surface area (Å²) in [7, 11) is 0. The molecule has 1 saturated heterocycles. The second kappa shape index (κ2) is 9.84. The van der Waals surface area contributed by atoms with Crippen molar-refractivity contribution in [2.75, 3.05) is 11.9 Å². The number of carbonyl (C=O) groups excluding carboxylic acids is 2. The van der Waals surface area contributed by atoms with E-state index in [1.54, 1.807) is 30.3 Å². The number of thioether (sulfide) groups is 1. The van der Waals surface area contributed by atoms with Gasteiger partial charge in [0.25, 0.3) is 5.91 Å². The van der Waals surface area contributed by atoms with Gasteiger partial charge in [0.2, 0.25) is 5.91 Å². The highest BCUT2D eigenvalue weighted by molar-refractivity contribution is 8.26. The molecule has 0 spiro atoms. The SMILES string of the molecule is O=C(CCCN1C(=O)/C(=C/c2ccc(Cl)cc2)SC1=S)Nc1cccc(C(F)(F)F)c1. The first kappa shape index (κ1) is 23.3.